The van der Waals surface area contributed by atoms with Crippen LogP contribution < -0.4 is 5.32 Å². The molecule has 0 radical (unpaired) electrons. The molecule has 1 aromatic carbocycles. The van der Waals surface area contributed by atoms with E-state index in [0.717, 1.165) is 27.3 Å². The molecule has 1 fully saturated rings. The number of aromatic nitrogens is 2. The summed E-state index contributed by atoms with van der Waals surface area (Å²) in [5.74, 6) is 1.26. The summed E-state index contributed by atoms with van der Waals surface area (Å²) in [7, 11) is 0. The van der Waals surface area contributed by atoms with Gasteiger partial charge in [-0.1, -0.05) is 35.2 Å². The van der Waals surface area contributed by atoms with Crippen LogP contribution in [0.15, 0.2) is 28.6 Å². The van der Waals surface area contributed by atoms with E-state index in [2.05, 4.69) is 34.6 Å². The average molecular weight is 346 g/mol. The molecule has 2 aromatic rings. The molecule has 1 saturated carbocycles. The van der Waals surface area contributed by atoms with Crippen LogP contribution in [0, 0.1) is 12.8 Å². The fraction of sp³-hybridized carbons (Fsp3) is 0.385. The molecule has 106 valence electrons. The number of anilines is 2. The van der Waals surface area contributed by atoms with Crippen molar-refractivity contribution in [1.29, 1.82) is 0 Å². The Labute approximate surface area is 136 Å². The predicted octanol–water partition coefficient (Wildman–Crippen LogP) is 4.88. The molecule has 3 nitrogen and oxygen atoms in total. The fourth-order valence-electron chi connectivity index (χ4n) is 1.79. The maximum absolute atomic E-state index is 6.01. The Morgan fingerprint density at radius 3 is 2.95 bits per heavy atom. The van der Waals surface area contributed by atoms with Crippen molar-refractivity contribution in [2.45, 2.75) is 22.0 Å². The van der Waals surface area contributed by atoms with E-state index < -0.39 is 4.33 Å². The lowest BCUT2D eigenvalue weighted by molar-refractivity contribution is 0.967. The highest BCUT2D eigenvalue weighted by Gasteiger charge is 2.51. The van der Waals surface area contributed by atoms with Crippen molar-refractivity contribution in [1.82, 2.24) is 10.2 Å². The van der Waals surface area contributed by atoms with E-state index in [1.165, 1.54) is 5.56 Å². The minimum Gasteiger partial charge on any atom is -0.330 e. The second kappa shape index (κ2) is 5.72. The number of nitrogens with one attached hydrogen (secondary N) is 1. The maximum atomic E-state index is 6.01. The van der Waals surface area contributed by atoms with E-state index in [4.69, 9.17) is 23.2 Å². The Balaban J connectivity index is 1.57. The van der Waals surface area contributed by atoms with Gasteiger partial charge in [-0.25, -0.2) is 0 Å². The highest BCUT2D eigenvalue weighted by Crippen LogP contribution is 2.55. The number of halogens is 2. The van der Waals surface area contributed by atoms with Crippen LogP contribution in [0.3, 0.4) is 0 Å². The molecule has 0 saturated heterocycles. The van der Waals surface area contributed by atoms with Crippen LogP contribution >= 0.6 is 46.3 Å². The molecule has 0 amide bonds. The lowest BCUT2D eigenvalue weighted by Crippen LogP contribution is -1.92. The number of aryl methyl sites for hydroxylation is 1. The fourth-order valence-corrected chi connectivity index (χ4v) is 4.52. The normalized spacial score (nSPS) is 19.9. The van der Waals surface area contributed by atoms with Crippen molar-refractivity contribution >= 4 is 57.1 Å². The van der Waals surface area contributed by atoms with Crippen molar-refractivity contribution < 1.29 is 0 Å². The van der Waals surface area contributed by atoms with Gasteiger partial charge in [0.2, 0.25) is 5.13 Å². The molecule has 1 aliphatic rings. The third-order valence-electron chi connectivity index (χ3n) is 3.04. The molecular weight excluding hydrogens is 333 g/mol. The zero-order chi connectivity index (χ0) is 14.2. The van der Waals surface area contributed by atoms with Gasteiger partial charge in [-0.3, -0.25) is 0 Å². The van der Waals surface area contributed by atoms with Gasteiger partial charge in [0, 0.05) is 17.4 Å². The van der Waals surface area contributed by atoms with Crippen LogP contribution in [0.4, 0.5) is 10.8 Å². The Morgan fingerprint density at radius 2 is 2.25 bits per heavy atom. The summed E-state index contributed by atoms with van der Waals surface area (Å²) in [5.41, 5.74) is 2.24. The first-order chi connectivity index (χ1) is 9.53. The van der Waals surface area contributed by atoms with Gasteiger partial charge < -0.3 is 5.32 Å². The molecule has 1 unspecified atom stereocenters. The lowest BCUT2D eigenvalue weighted by Gasteiger charge is -2.01. The number of hydrogen-bond donors (Lipinski definition) is 1. The molecule has 0 aliphatic heterocycles. The molecule has 1 N–H and O–H groups in total. The monoisotopic (exact) mass is 345 g/mol. The van der Waals surface area contributed by atoms with Crippen LogP contribution in [0.5, 0.6) is 0 Å². The third kappa shape index (κ3) is 3.58. The van der Waals surface area contributed by atoms with Gasteiger partial charge in [0.15, 0.2) is 4.34 Å². The van der Waals surface area contributed by atoms with Gasteiger partial charge in [-0.2, -0.15) is 0 Å². The quantitative estimate of drug-likeness (QED) is 0.619. The summed E-state index contributed by atoms with van der Waals surface area (Å²) in [6, 6.07) is 8.17. The minimum absolute atomic E-state index is 0.368. The first-order valence-corrected chi connectivity index (χ1v) is 8.76. The molecule has 1 heterocycles. The van der Waals surface area contributed by atoms with Crippen LogP contribution in [0.1, 0.15) is 12.0 Å². The summed E-state index contributed by atoms with van der Waals surface area (Å²) in [6.45, 7) is 2.06. The van der Waals surface area contributed by atoms with Crippen molar-refractivity contribution in [3.8, 4) is 0 Å². The predicted molar refractivity (Wildman–Crippen MR) is 87.6 cm³/mol. The Bertz CT molecular complexity index is 615. The minimum atomic E-state index is -0.514. The molecular formula is C13H13Cl2N3S2. The van der Waals surface area contributed by atoms with E-state index in [0.29, 0.717) is 5.92 Å². The second-order valence-electron chi connectivity index (χ2n) is 4.84. The van der Waals surface area contributed by atoms with Gasteiger partial charge in [0.25, 0.3) is 0 Å². The number of hydrogen-bond acceptors (Lipinski definition) is 5. The largest absolute Gasteiger partial charge is 0.330 e. The van der Waals surface area contributed by atoms with E-state index in [9.17, 15) is 0 Å². The zero-order valence-corrected chi connectivity index (χ0v) is 13.9. The first kappa shape index (κ1) is 14.4. The van der Waals surface area contributed by atoms with Gasteiger partial charge in [-0.15, -0.1) is 33.4 Å². The molecule has 1 aliphatic carbocycles. The summed E-state index contributed by atoms with van der Waals surface area (Å²) in [4.78, 5) is 0. The highest BCUT2D eigenvalue weighted by atomic mass is 35.5. The van der Waals surface area contributed by atoms with Gasteiger partial charge >= 0.3 is 0 Å². The molecule has 0 bridgehead atoms. The van der Waals surface area contributed by atoms with Crippen molar-refractivity contribution in [3.63, 3.8) is 0 Å². The molecule has 0 spiro atoms. The van der Waals surface area contributed by atoms with E-state index in [1.807, 2.05) is 12.1 Å². The van der Waals surface area contributed by atoms with Crippen LogP contribution in [-0.4, -0.2) is 20.3 Å². The Hall–Kier alpha value is -0.490. The van der Waals surface area contributed by atoms with Gasteiger partial charge in [0.1, 0.15) is 4.33 Å². The SMILES string of the molecule is Cc1cccc(Nc2nnc(SCC3CC3(Cl)Cl)s2)c1. The van der Waals surface area contributed by atoms with E-state index in [-0.39, 0.29) is 0 Å². The number of thioether (sulfide) groups is 1. The van der Waals surface area contributed by atoms with E-state index >= 15 is 0 Å². The summed E-state index contributed by atoms with van der Waals surface area (Å²) in [5, 5.41) is 12.4. The van der Waals surface area contributed by atoms with Gasteiger partial charge in [0.05, 0.1) is 0 Å². The standard InChI is InChI=1S/C13H13Cl2N3S2/c1-8-3-2-4-10(5-8)16-11-17-18-12(20-11)19-7-9-6-13(9,14)15/h2-5,9H,6-7H2,1H3,(H,16,17). The van der Waals surface area contributed by atoms with Crippen molar-refractivity contribution in [3.05, 3.63) is 29.8 Å². The van der Waals surface area contributed by atoms with Crippen LogP contribution in [0.2, 0.25) is 0 Å². The number of rotatable bonds is 5. The van der Waals surface area contributed by atoms with Crippen molar-refractivity contribution in [2.24, 2.45) is 5.92 Å². The van der Waals surface area contributed by atoms with Crippen LogP contribution in [-0.2, 0) is 0 Å². The zero-order valence-electron chi connectivity index (χ0n) is 10.8. The molecule has 1 aromatic heterocycles. The lowest BCUT2D eigenvalue weighted by atomic mass is 10.2. The Morgan fingerprint density at radius 1 is 1.45 bits per heavy atom. The topological polar surface area (TPSA) is 37.8 Å². The van der Waals surface area contributed by atoms with Crippen molar-refractivity contribution in [2.75, 3.05) is 11.1 Å². The summed E-state index contributed by atoms with van der Waals surface area (Å²) in [6.07, 6.45) is 0.871. The first-order valence-electron chi connectivity index (χ1n) is 6.21. The summed E-state index contributed by atoms with van der Waals surface area (Å²) >= 11 is 15.2. The van der Waals surface area contributed by atoms with Crippen LogP contribution in [0.25, 0.3) is 0 Å². The summed E-state index contributed by atoms with van der Waals surface area (Å²) < 4.78 is 0.427. The smallest absolute Gasteiger partial charge is 0.210 e. The Kier molecular flexibility index (Phi) is 4.13. The number of benzene rings is 1. The highest BCUT2D eigenvalue weighted by molar-refractivity contribution is 8.01. The second-order valence-corrected chi connectivity index (χ2v) is 8.63. The average Bonchev–Trinajstić information content (AvgIpc) is 2.80. The number of alkyl halides is 2. The molecule has 1 atom stereocenters. The molecule has 20 heavy (non-hydrogen) atoms. The maximum Gasteiger partial charge on any atom is 0.210 e. The molecule has 7 heteroatoms. The third-order valence-corrected chi connectivity index (χ3v) is 6.10. The van der Waals surface area contributed by atoms with Gasteiger partial charge in [-0.05, 0) is 31.0 Å². The molecule has 3 rings (SSSR count). The van der Waals surface area contributed by atoms with E-state index in [1.54, 1.807) is 23.1 Å². The number of nitrogens with zero attached hydrogens (tertiary/aromatic N) is 2.